The van der Waals surface area contributed by atoms with Gasteiger partial charge in [0.1, 0.15) is 12.3 Å². The Kier molecular flexibility index (Phi) is 4.50. The molecule has 5 N–H and O–H groups in total. The van der Waals surface area contributed by atoms with Crippen LogP contribution in [0.5, 0.6) is 0 Å². The highest BCUT2D eigenvalue weighted by Gasteiger charge is 2.35. The lowest BCUT2D eigenvalue weighted by Gasteiger charge is -2.14. The first-order valence-corrected chi connectivity index (χ1v) is 6.23. The number of ether oxygens (including phenoxy) is 1. The molecule has 8 heteroatoms. The van der Waals surface area contributed by atoms with Gasteiger partial charge in [-0.1, -0.05) is 12.2 Å². The van der Waals surface area contributed by atoms with E-state index >= 15 is 0 Å². The molecule has 0 spiro atoms. The minimum Gasteiger partial charge on any atom is -0.394 e. The van der Waals surface area contributed by atoms with Crippen molar-refractivity contribution >= 4 is 6.08 Å². The Hall–Kier alpha value is -1.74. The fourth-order valence-corrected chi connectivity index (χ4v) is 2.08. The third kappa shape index (κ3) is 2.88. The van der Waals surface area contributed by atoms with Gasteiger partial charge in [0.05, 0.1) is 18.3 Å². The van der Waals surface area contributed by atoms with Gasteiger partial charge in [-0.15, -0.1) is 0 Å². The number of H-pyrrole nitrogens is 1. The summed E-state index contributed by atoms with van der Waals surface area (Å²) in [5.74, 6) is 0. The predicted octanol–water partition coefficient (Wildman–Crippen LogP) is -1.85. The third-order valence-electron chi connectivity index (χ3n) is 3.12. The summed E-state index contributed by atoms with van der Waals surface area (Å²) in [6, 6.07) is 0. The quantitative estimate of drug-likeness (QED) is 0.513. The summed E-state index contributed by atoms with van der Waals surface area (Å²) < 4.78 is 6.57. The summed E-state index contributed by atoms with van der Waals surface area (Å²) in [6.07, 6.45) is 2.29. The zero-order chi connectivity index (χ0) is 14.7. The summed E-state index contributed by atoms with van der Waals surface area (Å²) in [5.41, 5.74) is 4.43. The van der Waals surface area contributed by atoms with Crippen LogP contribution in [0, 0.1) is 0 Å². The van der Waals surface area contributed by atoms with E-state index in [2.05, 4.69) is 4.98 Å². The average Bonchev–Trinajstić information content (AvgIpc) is 2.79. The number of aromatic nitrogens is 2. The number of aliphatic hydroxyl groups excluding tert-OH is 2. The van der Waals surface area contributed by atoms with E-state index in [1.807, 2.05) is 0 Å². The first kappa shape index (κ1) is 14.7. The van der Waals surface area contributed by atoms with Gasteiger partial charge in [-0.05, 0) is 0 Å². The van der Waals surface area contributed by atoms with Crippen molar-refractivity contribution < 1.29 is 14.9 Å². The molecule has 110 valence electrons. The maximum Gasteiger partial charge on any atom is 0.330 e. The van der Waals surface area contributed by atoms with Crippen LogP contribution in [0.15, 0.2) is 21.9 Å². The molecule has 1 unspecified atom stereocenters. The number of hydrogen-bond acceptors (Lipinski definition) is 6. The number of nitrogens with zero attached hydrogens (tertiary/aromatic N) is 1. The summed E-state index contributed by atoms with van der Waals surface area (Å²) in [5, 5.41) is 18.7. The largest absolute Gasteiger partial charge is 0.394 e. The summed E-state index contributed by atoms with van der Waals surface area (Å²) >= 11 is 0. The Labute approximate surface area is 114 Å². The van der Waals surface area contributed by atoms with Gasteiger partial charge in [-0.3, -0.25) is 14.3 Å². The van der Waals surface area contributed by atoms with Crippen LogP contribution < -0.4 is 17.0 Å². The molecule has 2 rings (SSSR count). The van der Waals surface area contributed by atoms with E-state index in [1.54, 1.807) is 6.08 Å². The van der Waals surface area contributed by atoms with Gasteiger partial charge < -0.3 is 20.7 Å². The summed E-state index contributed by atoms with van der Waals surface area (Å²) in [6.45, 7) is -0.0699. The van der Waals surface area contributed by atoms with E-state index in [-0.39, 0.29) is 25.1 Å². The second kappa shape index (κ2) is 6.14. The van der Waals surface area contributed by atoms with Gasteiger partial charge >= 0.3 is 5.69 Å². The normalized spacial score (nSPS) is 26.4. The highest BCUT2D eigenvalue weighted by molar-refractivity contribution is 5.46. The molecule has 8 nitrogen and oxygen atoms in total. The molecule has 0 aliphatic carbocycles. The lowest BCUT2D eigenvalue weighted by Crippen LogP contribution is -2.33. The number of aromatic amines is 1. The molecule has 1 aliphatic rings. The summed E-state index contributed by atoms with van der Waals surface area (Å²) in [7, 11) is 0. The molecular weight excluding hydrogens is 266 g/mol. The Balaban J connectivity index is 2.35. The Morgan fingerprint density at radius 2 is 2.30 bits per heavy atom. The number of nitrogens with one attached hydrogen (secondary N) is 1. The van der Waals surface area contributed by atoms with Crippen LogP contribution in [0.1, 0.15) is 18.2 Å². The second-order valence-corrected chi connectivity index (χ2v) is 4.50. The highest BCUT2D eigenvalue weighted by Crippen LogP contribution is 2.27. The van der Waals surface area contributed by atoms with E-state index < -0.39 is 29.7 Å². The molecule has 0 radical (unpaired) electrons. The molecular formula is C12H17N3O5. The van der Waals surface area contributed by atoms with Crippen molar-refractivity contribution in [2.45, 2.75) is 24.9 Å². The molecule has 1 saturated heterocycles. The van der Waals surface area contributed by atoms with Crippen molar-refractivity contribution in [1.29, 1.82) is 0 Å². The van der Waals surface area contributed by atoms with Gasteiger partial charge in [0.25, 0.3) is 5.56 Å². The molecule has 3 atom stereocenters. The Morgan fingerprint density at radius 3 is 2.90 bits per heavy atom. The molecule has 0 bridgehead atoms. The van der Waals surface area contributed by atoms with Crippen molar-refractivity contribution in [3.8, 4) is 0 Å². The van der Waals surface area contributed by atoms with Gasteiger partial charge in [0.15, 0.2) is 0 Å². The second-order valence-electron chi connectivity index (χ2n) is 4.50. The van der Waals surface area contributed by atoms with Crippen LogP contribution in [-0.4, -0.2) is 45.1 Å². The number of aliphatic hydroxyl groups is 2. The van der Waals surface area contributed by atoms with Gasteiger partial charge in [-0.2, -0.15) is 0 Å². The maximum atomic E-state index is 11.8. The molecule has 1 fully saturated rings. The zero-order valence-corrected chi connectivity index (χ0v) is 10.7. The monoisotopic (exact) mass is 283 g/mol. The first-order chi connectivity index (χ1) is 9.56. The van der Waals surface area contributed by atoms with Crippen LogP contribution in [-0.2, 0) is 4.74 Å². The van der Waals surface area contributed by atoms with E-state index in [0.717, 1.165) is 0 Å². The van der Waals surface area contributed by atoms with Crippen molar-refractivity contribution in [2.75, 3.05) is 13.2 Å². The fourth-order valence-electron chi connectivity index (χ4n) is 2.08. The standard InChI is InChI=1S/C12H17N3O5/c13-3-1-2-7-5-15(12(19)14-11(7)18)10-4-8(17)9(6-16)20-10/h1-2,5,8-10,16-17H,3-4,6,13H2,(H,14,18,19)/b2-1+/t8?,9-,10-/m1/s1. The highest BCUT2D eigenvalue weighted by atomic mass is 16.5. The Bertz CT molecular complexity index is 606. The summed E-state index contributed by atoms with van der Waals surface area (Å²) in [4.78, 5) is 25.6. The molecule has 20 heavy (non-hydrogen) atoms. The Morgan fingerprint density at radius 1 is 1.55 bits per heavy atom. The average molecular weight is 283 g/mol. The first-order valence-electron chi connectivity index (χ1n) is 6.23. The number of hydrogen-bond donors (Lipinski definition) is 4. The molecule has 2 heterocycles. The number of nitrogens with two attached hydrogens (primary N) is 1. The van der Waals surface area contributed by atoms with Gasteiger partial charge in [0, 0.05) is 19.2 Å². The minimum absolute atomic E-state index is 0.164. The van der Waals surface area contributed by atoms with Crippen LogP contribution in [0.25, 0.3) is 6.08 Å². The topological polar surface area (TPSA) is 131 Å². The predicted molar refractivity (Wildman–Crippen MR) is 71.0 cm³/mol. The number of rotatable bonds is 4. The van der Waals surface area contributed by atoms with E-state index in [1.165, 1.54) is 16.8 Å². The minimum atomic E-state index is -0.855. The molecule has 1 aliphatic heterocycles. The van der Waals surface area contributed by atoms with Crippen LogP contribution in [0.3, 0.4) is 0 Å². The zero-order valence-electron chi connectivity index (χ0n) is 10.7. The lowest BCUT2D eigenvalue weighted by molar-refractivity contribution is -0.0459. The van der Waals surface area contributed by atoms with Crippen molar-refractivity contribution in [2.24, 2.45) is 5.73 Å². The van der Waals surface area contributed by atoms with Crippen LogP contribution in [0.2, 0.25) is 0 Å². The van der Waals surface area contributed by atoms with Gasteiger partial charge in [-0.25, -0.2) is 4.79 Å². The van der Waals surface area contributed by atoms with Crippen LogP contribution in [0.4, 0.5) is 0 Å². The SMILES string of the molecule is NC/C=C/c1cn([C@H]2CC(O)[C@@H](CO)O2)c(=O)[nH]c1=O. The molecule has 0 saturated carbocycles. The van der Waals surface area contributed by atoms with Crippen molar-refractivity contribution in [3.05, 3.63) is 38.7 Å². The van der Waals surface area contributed by atoms with Crippen molar-refractivity contribution in [1.82, 2.24) is 9.55 Å². The molecule has 1 aromatic rings. The maximum absolute atomic E-state index is 11.8. The van der Waals surface area contributed by atoms with Gasteiger partial charge in [0.2, 0.25) is 0 Å². The fraction of sp³-hybridized carbons (Fsp3) is 0.500. The lowest BCUT2D eigenvalue weighted by atomic mass is 10.2. The van der Waals surface area contributed by atoms with Crippen LogP contribution >= 0.6 is 0 Å². The smallest absolute Gasteiger partial charge is 0.330 e. The third-order valence-corrected chi connectivity index (χ3v) is 3.12. The van der Waals surface area contributed by atoms with E-state index in [9.17, 15) is 14.7 Å². The van der Waals surface area contributed by atoms with E-state index in [4.69, 9.17) is 15.6 Å². The molecule has 0 aromatic carbocycles. The van der Waals surface area contributed by atoms with E-state index in [0.29, 0.717) is 0 Å². The van der Waals surface area contributed by atoms with Crippen molar-refractivity contribution in [3.63, 3.8) is 0 Å². The molecule has 1 aromatic heterocycles. The molecule has 0 amide bonds.